The number of alkyl halides is 3. The molecule has 35 heavy (non-hydrogen) atoms. The minimum absolute atomic E-state index is 0.0162. The number of amides is 1. The minimum atomic E-state index is -4.33. The standard InChI is InChI=1S/C26H32F3N3O3/c1-34-23-8-7-19(17-24(23)35-2)25(33)32-11-9-21(10-12-32)31-15-13-30(14-16-31)18-20-5-3-4-6-22(20)26(27,28)29/h3-8,17,21H,9-16,18H2,1-2H3. The van der Waals surface area contributed by atoms with Crippen molar-refractivity contribution in [1.82, 2.24) is 14.7 Å². The molecule has 0 aliphatic carbocycles. The third-order valence-electron chi connectivity index (χ3n) is 7.02. The summed E-state index contributed by atoms with van der Waals surface area (Å²) in [6, 6.07) is 11.4. The molecule has 2 aromatic carbocycles. The van der Waals surface area contributed by atoms with Crippen molar-refractivity contribution in [2.24, 2.45) is 0 Å². The molecular weight excluding hydrogens is 459 g/mol. The molecule has 0 unspecified atom stereocenters. The van der Waals surface area contributed by atoms with Gasteiger partial charge in [0.05, 0.1) is 19.8 Å². The van der Waals surface area contributed by atoms with E-state index in [1.54, 1.807) is 44.6 Å². The van der Waals surface area contributed by atoms with E-state index >= 15 is 0 Å². The van der Waals surface area contributed by atoms with Gasteiger partial charge in [0.15, 0.2) is 11.5 Å². The average Bonchev–Trinajstić information content (AvgIpc) is 2.88. The van der Waals surface area contributed by atoms with Crippen molar-refractivity contribution < 1.29 is 27.4 Å². The number of carbonyl (C=O) groups is 1. The van der Waals surface area contributed by atoms with Gasteiger partial charge in [-0.25, -0.2) is 0 Å². The van der Waals surface area contributed by atoms with Gasteiger partial charge in [0.25, 0.3) is 5.91 Å². The average molecular weight is 492 g/mol. The number of hydrogen-bond acceptors (Lipinski definition) is 5. The van der Waals surface area contributed by atoms with Crippen molar-refractivity contribution >= 4 is 5.91 Å². The van der Waals surface area contributed by atoms with E-state index in [0.29, 0.717) is 48.3 Å². The van der Waals surface area contributed by atoms with Crippen LogP contribution in [-0.2, 0) is 12.7 Å². The summed E-state index contributed by atoms with van der Waals surface area (Å²) < 4.78 is 50.5. The molecule has 9 heteroatoms. The molecule has 0 N–H and O–H groups in total. The normalized spacial score (nSPS) is 18.5. The Morgan fingerprint density at radius 1 is 0.914 bits per heavy atom. The van der Waals surface area contributed by atoms with Gasteiger partial charge in [-0.05, 0) is 42.7 Å². The lowest BCUT2D eigenvalue weighted by Crippen LogP contribution is -2.53. The predicted octanol–water partition coefficient (Wildman–Crippen LogP) is 4.15. The summed E-state index contributed by atoms with van der Waals surface area (Å²) in [6.07, 6.45) is -2.56. The van der Waals surface area contributed by atoms with Crippen molar-refractivity contribution in [1.29, 1.82) is 0 Å². The second kappa shape index (κ2) is 10.9. The van der Waals surface area contributed by atoms with Gasteiger partial charge >= 0.3 is 6.18 Å². The van der Waals surface area contributed by atoms with E-state index in [-0.39, 0.29) is 5.91 Å². The third-order valence-corrected chi connectivity index (χ3v) is 7.02. The summed E-state index contributed by atoms with van der Waals surface area (Å²) in [5.74, 6) is 1.10. The monoisotopic (exact) mass is 491 g/mol. The maximum absolute atomic E-state index is 13.3. The van der Waals surface area contributed by atoms with Crippen LogP contribution in [0.4, 0.5) is 13.2 Å². The number of carbonyl (C=O) groups excluding carboxylic acids is 1. The fourth-order valence-electron chi connectivity index (χ4n) is 5.05. The van der Waals surface area contributed by atoms with Crippen LogP contribution in [0.1, 0.15) is 34.3 Å². The van der Waals surface area contributed by atoms with E-state index in [0.717, 1.165) is 45.1 Å². The van der Waals surface area contributed by atoms with Crippen LogP contribution in [0.2, 0.25) is 0 Å². The van der Waals surface area contributed by atoms with Crippen LogP contribution < -0.4 is 9.47 Å². The quantitative estimate of drug-likeness (QED) is 0.608. The van der Waals surface area contributed by atoms with Gasteiger partial charge in [-0.15, -0.1) is 0 Å². The van der Waals surface area contributed by atoms with Gasteiger partial charge in [-0.3, -0.25) is 14.6 Å². The van der Waals surface area contributed by atoms with Gasteiger partial charge < -0.3 is 14.4 Å². The van der Waals surface area contributed by atoms with Gasteiger partial charge in [0, 0.05) is 57.4 Å². The number of hydrogen-bond donors (Lipinski definition) is 0. The van der Waals surface area contributed by atoms with E-state index in [2.05, 4.69) is 9.80 Å². The van der Waals surface area contributed by atoms with E-state index < -0.39 is 11.7 Å². The molecule has 190 valence electrons. The van der Waals surface area contributed by atoms with Crippen molar-refractivity contribution in [2.45, 2.75) is 31.6 Å². The highest BCUT2D eigenvalue weighted by Gasteiger charge is 2.34. The number of ether oxygens (including phenoxy) is 2. The fourth-order valence-corrected chi connectivity index (χ4v) is 5.05. The summed E-state index contributed by atoms with van der Waals surface area (Å²) in [7, 11) is 3.11. The Bertz CT molecular complexity index is 1010. The molecule has 6 nitrogen and oxygen atoms in total. The first-order chi connectivity index (χ1) is 16.8. The predicted molar refractivity (Wildman–Crippen MR) is 127 cm³/mol. The number of benzene rings is 2. The topological polar surface area (TPSA) is 45.2 Å². The van der Waals surface area contributed by atoms with Crippen LogP contribution in [0.5, 0.6) is 11.5 Å². The zero-order valence-corrected chi connectivity index (χ0v) is 20.2. The number of halogens is 3. The van der Waals surface area contributed by atoms with Crippen molar-refractivity contribution in [3.8, 4) is 11.5 Å². The molecule has 0 saturated carbocycles. The second-order valence-electron chi connectivity index (χ2n) is 9.06. The molecular formula is C26H32F3N3O3. The number of likely N-dealkylation sites (tertiary alicyclic amines) is 1. The summed E-state index contributed by atoms with van der Waals surface area (Å²) in [6.45, 7) is 4.77. The highest BCUT2D eigenvalue weighted by molar-refractivity contribution is 5.95. The van der Waals surface area contributed by atoms with Crippen molar-refractivity contribution in [2.75, 3.05) is 53.5 Å². The molecule has 2 aromatic rings. The molecule has 2 saturated heterocycles. The third kappa shape index (κ3) is 5.90. The molecule has 2 aliphatic rings. The maximum atomic E-state index is 13.3. The van der Waals surface area contributed by atoms with E-state index in [9.17, 15) is 18.0 Å². The van der Waals surface area contributed by atoms with Crippen molar-refractivity contribution in [3.05, 3.63) is 59.2 Å². The first-order valence-electron chi connectivity index (χ1n) is 11.9. The Morgan fingerprint density at radius 3 is 2.20 bits per heavy atom. The molecule has 0 atom stereocenters. The lowest BCUT2D eigenvalue weighted by Gasteiger charge is -2.43. The van der Waals surface area contributed by atoms with Gasteiger partial charge in [0.2, 0.25) is 0 Å². The van der Waals surface area contributed by atoms with Crippen LogP contribution >= 0.6 is 0 Å². The Hall–Kier alpha value is -2.78. The fraction of sp³-hybridized carbons (Fsp3) is 0.500. The van der Waals surface area contributed by atoms with Crippen molar-refractivity contribution in [3.63, 3.8) is 0 Å². The SMILES string of the molecule is COc1ccc(C(=O)N2CCC(N3CCN(Cc4ccccc4C(F)(F)F)CC3)CC2)cc1OC. The van der Waals surface area contributed by atoms with Gasteiger partial charge in [-0.2, -0.15) is 13.2 Å². The largest absolute Gasteiger partial charge is 0.493 e. The van der Waals surface area contributed by atoms with E-state index in [4.69, 9.17) is 9.47 Å². The van der Waals surface area contributed by atoms with Crippen LogP contribution in [0.25, 0.3) is 0 Å². The molecule has 0 spiro atoms. The van der Waals surface area contributed by atoms with Crippen LogP contribution in [0, 0.1) is 0 Å². The minimum Gasteiger partial charge on any atom is -0.493 e. The Labute approximate surface area is 204 Å². The number of piperidine rings is 1. The highest BCUT2D eigenvalue weighted by Crippen LogP contribution is 2.33. The van der Waals surface area contributed by atoms with Crippen LogP contribution in [-0.4, -0.2) is 80.1 Å². The summed E-state index contributed by atoms with van der Waals surface area (Å²) >= 11 is 0. The summed E-state index contributed by atoms with van der Waals surface area (Å²) in [4.78, 5) is 19.4. The summed E-state index contributed by atoms with van der Waals surface area (Å²) in [5.41, 5.74) is 0.359. The van der Waals surface area contributed by atoms with Crippen LogP contribution in [0.15, 0.2) is 42.5 Å². The molecule has 2 aliphatic heterocycles. The molecule has 0 radical (unpaired) electrons. The zero-order valence-electron chi connectivity index (χ0n) is 20.2. The van der Waals surface area contributed by atoms with Gasteiger partial charge in [-0.1, -0.05) is 18.2 Å². The Balaban J connectivity index is 1.27. The van der Waals surface area contributed by atoms with E-state index in [1.165, 1.54) is 6.07 Å². The lowest BCUT2D eigenvalue weighted by atomic mass is 10.0. The highest BCUT2D eigenvalue weighted by atomic mass is 19.4. The first-order valence-corrected chi connectivity index (χ1v) is 11.9. The second-order valence-corrected chi connectivity index (χ2v) is 9.06. The number of rotatable bonds is 6. The molecule has 0 aromatic heterocycles. The van der Waals surface area contributed by atoms with Crippen LogP contribution in [0.3, 0.4) is 0 Å². The first kappa shape index (κ1) is 25.3. The molecule has 4 rings (SSSR count). The molecule has 2 heterocycles. The maximum Gasteiger partial charge on any atom is 0.416 e. The van der Waals surface area contributed by atoms with Gasteiger partial charge in [0.1, 0.15) is 0 Å². The lowest BCUT2D eigenvalue weighted by molar-refractivity contribution is -0.138. The number of piperazine rings is 1. The Kier molecular flexibility index (Phi) is 7.86. The van der Waals surface area contributed by atoms with E-state index in [1.807, 2.05) is 4.90 Å². The number of nitrogens with zero attached hydrogens (tertiary/aromatic N) is 3. The molecule has 0 bridgehead atoms. The Morgan fingerprint density at radius 2 is 1.57 bits per heavy atom. The number of methoxy groups -OCH3 is 2. The smallest absolute Gasteiger partial charge is 0.416 e. The molecule has 1 amide bonds. The molecule has 2 fully saturated rings. The zero-order chi connectivity index (χ0) is 25.0. The summed E-state index contributed by atoms with van der Waals surface area (Å²) in [5, 5.41) is 0.